The lowest BCUT2D eigenvalue weighted by Gasteiger charge is -2.09. The van der Waals surface area contributed by atoms with E-state index in [9.17, 15) is 9.59 Å². The van der Waals surface area contributed by atoms with Gasteiger partial charge in [0.05, 0.1) is 15.7 Å². The standard InChI is InChI=1S/C17H20Cl2N4O2S/c1-9(2)7-10(3)22-23-17-21-16(25)13(26-17)8-14(24)20-12-6-4-5-11(18)15(12)19/h4-6,9,13H,7-8H2,1-3H3,(H,20,24)(H,21,23,25)/b22-10-/t13-/m0/s1. The van der Waals surface area contributed by atoms with Crippen molar-refractivity contribution in [2.75, 3.05) is 5.32 Å². The molecule has 0 bridgehead atoms. The highest BCUT2D eigenvalue weighted by Crippen LogP contribution is 2.30. The third-order valence-corrected chi connectivity index (χ3v) is 5.28. The summed E-state index contributed by atoms with van der Waals surface area (Å²) in [5.74, 6) is -0.111. The average molecular weight is 415 g/mol. The first kappa shape index (κ1) is 20.7. The Hall–Kier alpha value is -1.57. The lowest BCUT2D eigenvalue weighted by Crippen LogP contribution is -2.28. The van der Waals surface area contributed by atoms with Crippen molar-refractivity contribution in [1.29, 1.82) is 0 Å². The van der Waals surface area contributed by atoms with Crippen molar-refractivity contribution in [3.05, 3.63) is 28.2 Å². The number of hydrogen-bond acceptors (Lipinski definition) is 5. The van der Waals surface area contributed by atoms with Crippen molar-refractivity contribution in [3.63, 3.8) is 0 Å². The van der Waals surface area contributed by atoms with Crippen LogP contribution in [0.1, 0.15) is 33.6 Å². The quantitative estimate of drug-likeness (QED) is 0.536. The summed E-state index contributed by atoms with van der Waals surface area (Å²) < 4.78 is 0. The van der Waals surface area contributed by atoms with Crippen molar-refractivity contribution in [2.45, 2.75) is 38.9 Å². The molecule has 1 aliphatic heterocycles. The van der Waals surface area contributed by atoms with Gasteiger partial charge in [0.25, 0.3) is 0 Å². The van der Waals surface area contributed by atoms with Gasteiger partial charge in [-0.15, -0.1) is 5.10 Å². The zero-order valence-corrected chi connectivity index (χ0v) is 17.0. The zero-order valence-electron chi connectivity index (χ0n) is 14.7. The van der Waals surface area contributed by atoms with E-state index in [0.29, 0.717) is 21.8 Å². The molecule has 1 fully saturated rings. The fourth-order valence-electron chi connectivity index (χ4n) is 2.32. The van der Waals surface area contributed by atoms with Gasteiger partial charge in [-0.1, -0.05) is 54.9 Å². The number of carbonyl (C=O) groups is 2. The minimum Gasteiger partial charge on any atom is -0.325 e. The molecule has 0 aliphatic carbocycles. The van der Waals surface area contributed by atoms with E-state index in [1.165, 1.54) is 11.8 Å². The van der Waals surface area contributed by atoms with E-state index in [0.717, 1.165) is 12.1 Å². The third-order valence-electron chi connectivity index (χ3n) is 3.39. The molecule has 1 heterocycles. The number of benzene rings is 1. The molecular formula is C17H20Cl2N4O2S. The number of halogens is 2. The first-order valence-electron chi connectivity index (χ1n) is 8.08. The maximum atomic E-state index is 12.2. The summed E-state index contributed by atoms with van der Waals surface area (Å²) in [4.78, 5) is 24.2. The average Bonchev–Trinajstić information content (AvgIpc) is 2.89. The molecule has 6 nitrogen and oxygen atoms in total. The predicted octanol–water partition coefficient (Wildman–Crippen LogP) is 4.33. The van der Waals surface area contributed by atoms with Crippen molar-refractivity contribution in [1.82, 2.24) is 5.32 Å². The molecule has 1 aromatic carbocycles. The van der Waals surface area contributed by atoms with Gasteiger partial charge in [-0.2, -0.15) is 5.10 Å². The van der Waals surface area contributed by atoms with Crippen molar-refractivity contribution >= 4 is 63.3 Å². The summed E-state index contributed by atoms with van der Waals surface area (Å²) in [6, 6.07) is 4.96. The smallest absolute Gasteiger partial charge is 0.240 e. The Balaban J connectivity index is 1.95. The summed E-state index contributed by atoms with van der Waals surface area (Å²) in [6.07, 6.45) is 0.828. The first-order chi connectivity index (χ1) is 12.3. The number of thioether (sulfide) groups is 1. The second kappa shape index (κ2) is 9.39. The fourth-order valence-corrected chi connectivity index (χ4v) is 3.58. The largest absolute Gasteiger partial charge is 0.325 e. The van der Waals surface area contributed by atoms with Crippen LogP contribution in [-0.4, -0.2) is 27.9 Å². The van der Waals surface area contributed by atoms with Crippen LogP contribution in [0.4, 0.5) is 5.69 Å². The van der Waals surface area contributed by atoms with E-state index in [1.807, 2.05) is 6.92 Å². The number of nitrogens with zero attached hydrogens (tertiary/aromatic N) is 2. The number of nitrogens with one attached hydrogen (secondary N) is 2. The molecule has 2 amide bonds. The molecule has 1 aromatic rings. The van der Waals surface area contributed by atoms with Gasteiger partial charge >= 0.3 is 0 Å². The monoisotopic (exact) mass is 414 g/mol. The number of amides is 2. The topological polar surface area (TPSA) is 82.9 Å². The number of amidine groups is 1. The van der Waals surface area contributed by atoms with Gasteiger partial charge in [0.15, 0.2) is 5.17 Å². The maximum Gasteiger partial charge on any atom is 0.240 e. The van der Waals surface area contributed by atoms with Crippen LogP contribution < -0.4 is 10.6 Å². The molecule has 2 rings (SSSR count). The molecule has 0 aromatic heterocycles. The second-order valence-corrected chi connectivity index (χ2v) is 8.26. The zero-order chi connectivity index (χ0) is 19.3. The number of rotatable bonds is 6. The van der Waals surface area contributed by atoms with E-state index >= 15 is 0 Å². The van der Waals surface area contributed by atoms with Crippen molar-refractivity contribution in [2.24, 2.45) is 16.1 Å². The van der Waals surface area contributed by atoms with E-state index in [4.69, 9.17) is 23.2 Å². The van der Waals surface area contributed by atoms with Gasteiger partial charge < -0.3 is 10.6 Å². The Morgan fingerprint density at radius 1 is 1.38 bits per heavy atom. The van der Waals surface area contributed by atoms with Crippen molar-refractivity contribution < 1.29 is 9.59 Å². The molecule has 0 radical (unpaired) electrons. The highest BCUT2D eigenvalue weighted by molar-refractivity contribution is 8.15. The molecule has 0 saturated carbocycles. The molecule has 0 unspecified atom stereocenters. The van der Waals surface area contributed by atoms with E-state index in [2.05, 4.69) is 34.7 Å². The maximum absolute atomic E-state index is 12.2. The summed E-state index contributed by atoms with van der Waals surface area (Å²) in [7, 11) is 0. The second-order valence-electron chi connectivity index (χ2n) is 6.29. The molecule has 9 heteroatoms. The third kappa shape index (κ3) is 6.00. The van der Waals surface area contributed by atoms with Gasteiger partial charge in [0.2, 0.25) is 11.8 Å². The highest BCUT2D eigenvalue weighted by atomic mass is 35.5. The van der Waals surface area contributed by atoms with Crippen LogP contribution >= 0.6 is 35.0 Å². The van der Waals surface area contributed by atoms with Gasteiger partial charge in [-0.05, 0) is 31.4 Å². The number of anilines is 1. The van der Waals surface area contributed by atoms with Crippen LogP contribution in [0.25, 0.3) is 0 Å². The minimum atomic E-state index is -0.563. The van der Waals surface area contributed by atoms with E-state index in [-0.39, 0.29) is 23.3 Å². The van der Waals surface area contributed by atoms with Crippen LogP contribution in [0, 0.1) is 5.92 Å². The van der Waals surface area contributed by atoms with E-state index in [1.54, 1.807) is 18.2 Å². The SMILES string of the molecule is C/C(CC(C)C)=N/N=C1\NC(=O)[C@H](CC(=O)Nc2cccc(Cl)c2Cl)S1. The van der Waals surface area contributed by atoms with Crippen LogP contribution in [-0.2, 0) is 9.59 Å². The van der Waals surface area contributed by atoms with Crippen LogP contribution in [0.2, 0.25) is 10.0 Å². The summed E-state index contributed by atoms with van der Waals surface area (Å²) in [5.41, 5.74) is 1.30. The Morgan fingerprint density at radius 3 is 2.81 bits per heavy atom. The molecule has 1 saturated heterocycles. The van der Waals surface area contributed by atoms with Crippen LogP contribution in [0.5, 0.6) is 0 Å². The van der Waals surface area contributed by atoms with Crippen molar-refractivity contribution in [3.8, 4) is 0 Å². The van der Waals surface area contributed by atoms with Gasteiger partial charge in [-0.3, -0.25) is 9.59 Å². The molecule has 1 aliphatic rings. The minimum absolute atomic E-state index is 0.00689. The number of hydrogen-bond donors (Lipinski definition) is 2. The molecule has 2 N–H and O–H groups in total. The number of carbonyl (C=O) groups excluding carboxylic acids is 2. The highest BCUT2D eigenvalue weighted by Gasteiger charge is 2.32. The normalized spacial score (nSPS) is 19.2. The molecule has 1 atom stereocenters. The Bertz CT molecular complexity index is 765. The Kier molecular flexibility index (Phi) is 7.49. The summed E-state index contributed by atoms with van der Waals surface area (Å²) >= 11 is 13.2. The molecule has 26 heavy (non-hydrogen) atoms. The van der Waals surface area contributed by atoms with Crippen LogP contribution in [0.3, 0.4) is 0 Å². The Morgan fingerprint density at radius 2 is 2.12 bits per heavy atom. The van der Waals surface area contributed by atoms with Gasteiger partial charge in [-0.25, -0.2) is 0 Å². The molecular weight excluding hydrogens is 395 g/mol. The lowest BCUT2D eigenvalue weighted by atomic mass is 10.1. The molecule has 0 spiro atoms. The molecule has 140 valence electrons. The summed E-state index contributed by atoms with van der Waals surface area (Å²) in [6.45, 7) is 6.09. The first-order valence-corrected chi connectivity index (χ1v) is 9.72. The predicted molar refractivity (Wildman–Crippen MR) is 109 cm³/mol. The lowest BCUT2D eigenvalue weighted by molar-refractivity contribution is -0.122. The summed E-state index contributed by atoms with van der Waals surface area (Å²) in [5, 5.41) is 13.9. The Labute approximate surface area is 166 Å². The van der Waals surface area contributed by atoms with Crippen LogP contribution in [0.15, 0.2) is 28.4 Å². The fraction of sp³-hybridized carbons (Fsp3) is 0.412. The van der Waals surface area contributed by atoms with E-state index < -0.39 is 5.25 Å². The van der Waals surface area contributed by atoms with Gasteiger partial charge in [0.1, 0.15) is 5.25 Å². The van der Waals surface area contributed by atoms with Gasteiger partial charge in [0, 0.05) is 12.1 Å².